The van der Waals surface area contributed by atoms with Crippen molar-refractivity contribution in [3.8, 4) is 0 Å². The van der Waals surface area contributed by atoms with Crippen LogP contribution >= 0.6 is 15.9 Å². The number of hydrogen-bond donors (Lipinski definition) is 1. The van der Waals surface area contributed by atoms with E-state index in [1.807, 2.05) is 57.2 Å². The van der Waals surface area contributed by atoms with Gasteiger partial charge in [0.1, 0.15) is 6.04 Å². The van der Waals surface area contributed by atoms with E-state index in [-0.39, 0.29) is 24.3 Å². The number of nitrogens with one attached hydrogen (secondary N) is 1. The Morgan fingerprint density at radius 2 is 1.70 bits per heavy atom. The van der Waals surface area contributed by atoms with E-state index in [0.717, 1.165) is 15.6 Å². The molecule has 0 radical (unpaired) electrons. The third-order valence-electron chi connectivity index (χ3n) is 4.65. The van der Waals surface area contributed by atoms with Gasteiger partial charge in [0.05, 0.1) is 0 Å². The molecule has 0 aromatic heterocycles. The number of hydrogen-bond acceptors (Lipinski definition) is 4. The van der Waals surface area contributed by atoms with Crippen LogP contribution in [-0.4, -0.2) is 42.4 Å². The third-order valence-corrected chi connectivity index (χ3v) is 5.42. The number of ether oxygens (including phenoxy) is 1. The van der Waals surface area contributed by atoms with Crippen LogP contribution in [0.3, 0.4) is 0 Å². The molecule has 2 amide bonds. The Hall–Kier alpha value is -2.67. The Morgan fingerprint density at radius 1 is 1.07 bits per heavy atom. The largest absolute Gasteiger partial charge is 0.454 e. The standard InChI is InChI=1S/C23H27BrN2O4/c1-15(2)21(25-22(28)17-11-9-16(3)10-12-17)23(29)30-14-20(27)26(4)13-18-7-5-6-8-19(18)24/h5-12,15,21H,13-14H2,1-4H3,(H,25,28). The van der Waals surface area contributed by atoms with Crippen molar-refractivity contribution in [2.45, 2.75) is 33.4 Å². The quantitative estimate of drug-likeness (QED) is 0.591. The number of benzene rings is 2. The predicted octanol–water partition coefficient (Wildman–Crippen LogP) is 3.71. The second-order valence-corrected chi connectivity index (χ2v) is 8.36. The number of nitrogens with zero attached hydrogens (tertiary/aromatic N) is 1. The van der Waals surface area contributed by atoms with Gasteiger partial charge in [-0.05, 0) is 36.6 Å². The summed E-state index contributed by atoms with van der Waals surface area (Å²) < 4.78 is 6.12. The second-order valence-electron chi connectivity index (χ2n) is 7.51. The van der Waals surface area contributed by atoms with Gasteiger partial charge in [0.25, 0.3) is 11.8 Å². The topological polar surface area (TPSA) is 75.7 Å². The van der Waals surface area contributed by atoms with Crippen LogP contribution in [0.25, 0.3) is 0 Å². The molecule has 0 fully saturated rings. The summed E-state index contributed by atoms with van der Waals surface area (Å²) in [5.74, 6) is -1.51. The highest BCUT2D eigenvalue weighted by Crippen LogP contribution is 2.17. The monoisotopic (exact) mass is 474 g/mol. The molecule has 0 saturated carbocycles. The normalized spacial score (nSPS) is 11.7. The highest BCUT2D eigenvalue weighted by molar-refractivity contribution is 9.10. The van der Waals surface area contributed by atoms with Gasteiger partial charge in [-0.15, -0.1) is 0 Å². The summed E-state index contributed by atoms with van der Waals surface area (Å²) >= 11 is 3.45. The summed E-state index contributed by atoms with van der Waals surface area (Å²) in [6.45, 7) is 5.55. The molecule has 2 aromatic carbocycles. The molecule has 2 aromatic rings. The number of carbonyl (C=O) groups excluding carboxylic acids is 3. The number of amides is 2. The van der Waals surface area contributed by atoms with Crippen molar-refractivity contribution in [2.75, 3.05) is 13.7 Å². The number of likely N-dealkylation sites (N-methyl/N-ethyl adjacent to an activating group) is 1. The molecule has 0 heterocycles. The molecule has 0 aliphatic carbocycles. The van der Waals surface area contributed by atoms with Crippen LogP contribution in [0.2, 0.25) is 0 Å². The maximum atomic E-state index is 12.5. The van der Waals surface area contributed by atoms with Crippen LogP contribution in [0.15, 0.2) is 53.0 Å². The second kappa shape index (κ2) is 10.9. The Balaban J connectivity index is 1.92. The zero-order chi connectivity index (χ0) is 22.3. The van der Waals surface area contributed by atoms with E-state index in [4.69, 9.17) is 4.74 Å². The lowest BCUT2D eigenvalue weighted by molar-refractivity contribution is -0.154. The minimum atomic E-state index is -0.847. The fourth-order valence-electron chi connectivity index (χ4n) is 2.73. The van der Waals surface area contributed by atoms with Crippen molar-refractivity contribution in [3.05, 3.63) is 69.7 Å². The molecular formula is C23H27BrN2O4. The van der Waals surface area contributed by atoms with Crippen LogP contribution in [0.4, 0.5) is 0 Å². The average molecular weight is 475 g/mol. The number of aryl methyl sites for hydroxylation is 1. The molecule has 7 heteroatoms. The van der Waals surface area contributed by atoms with Crippen molar-refractivity contribution in [2.24, 2.45) is 5.92 Å². The summed E-state index contributed by atoms with van der Waals surface area (Å²) in [5.41, 5.74) is 2.45. The van der Waals surface area contributed by atoms with Crippen molar-refractivity contribution in [1.82, 2.24) is 10.2 Å². The van der Waals surface area contributed by atoms with Crippen LogP contribution in [0, 0.1) is 12.8 Å². The highest BCUT2D eigenvalue weighted by Gasteiger charge is 2.27. The van der Waals surface area contributed by atoms with E-state index in [9.17, 15) is 14.4 Å². The van der Waals surface area contributed by atoms with Crippen LogP contribution < -0.4 is 5.32 Å². The molecule has 0 aliphatic rings. The van der Waals surface area contributed by atoms with Crippen molar-refractivity contribution >= 4 is 33.7 Å². The molecular weight excluding hydrogens is 448 g/mol. The molecule has 160 valence electrons. The van der Waals surface area contributed by atoms with Gasteiger partial charge in [-0.2, -0.15) is 0 Å². The van der Waals surface area contributed by atoms with Gasteiger partial charge in [-0.3, -0.25) is 9.59 Å². The highest BCUT2D eigenvalue weighted by atomic mass is 79.9. The molecule has 0 bridgehead atoms. The number of esters is 1. The Morgan fingerprint density at radius 3 is 2.30 bits per heavy atom. The molecule has 1 N–H and O–H groups in total. The predicted molar refractivity (Wildman–Crippen MR) is 119 cm³/mol. The van der Waals surface area contributed by atoms with Gasteiger partial charge in [0.15, 0.2) is 6.61 Å². The maximum Gasteiger partial charge on any atom is 0.329 e. The zero-order valence-electron chi connectivity index (χ0n) is 17.6. The minimum absolute atomic E-state index is 0.194. The summed E-state index contributed by atoms with van der Waals surface area (Å²) in [7, 11) is 1.65. The zero-order valence-corrected chi connectivity index (χ0v) is 19.2. The van der Waals surface area contributed by atoms with E-state index in [2.05, 4.69) is 21.2 Å². The maximum absolute atomic E-state index is 12.5. The Bertz CT molecular complexity index is 896. The number of halogens is 1. The lowest BCUT2D eigenvalue weighted by Crippen LogP contribution is -2.46. The molecule has 1 atom stereocenters. The van der Waals surface area contributed by atoms with Gasteiger partial charge < -0.3 is 15.0 Å². The molecule has 0 aliphatic heterocycles. The lowest BCUT2D eigenvalue weighted by Gasteiger charge is -2.22. The lowest BCUT2D eigenvalue weighted by atomic mass is 10.0. The number of rotatable bonds is 8. The summed E-state index contributed by atoms with van der Waals surface area (Å²) in [6.07, 6.45) is 0. The van der Waals surface area contributed by atoms with Gasteiger partial charge in [0.2, 0.25) is 0 Å². The summed E-state index contributed by atoms with van der Waals surface area (Å²) in [5, 5.41) is 2.71. The minimum Gasteiger partial charge on any atom is -0.454 e. The van der Waals surface area contributed by atoms with Crippen molar-refractivity contribution in [3.63, 3.8) is 0 Å². The smallest absolute Gasteiger partial charge is 0.329 e. The molecule has 0 saturated heterocycles. The van der Waals surface area contributed by atoms with Crippen LogP contribution in [0.5, 0.6) is 0 Å². The summed E-state index contributed by atoms with van der Waals surface area (Å²) in [6, 6.07) is 13.8. The van der Waals surface area contributed by atoms with Gasteiger partial charge >= 0.3 is 5.97 Å². The molecule has 30 heavy (non-hydrogen) atoms. The molecule has 0 spiro atoms. The van der Waals surface area contributed by atoms with Gasteiger partial charge in [0, 0.05) is 23.6 Å². The van der Waals surface area contributed by atoms with E-state index in [1.54, 1.807) is 19.2 Å². The van der Waals surface area contributed by atoms with Gasteiger partial charge in [-0.1, -0.05) is 65.7 Å². The SMILES string of the molecule is Cc1ccc(C(=O)NC(C(=O)OCC(=O)N(C)Cc2ccccc2Br)C(C)C)cc1. The Labute approximate surface area is 185 Å². The van der Waals surface area contributed by atoms with Crippen molar-refractivity contribution in [1.29, 1.82) is 0 Å². The fourth-order valence-corrected chi connectivity index (χ4v) is 3.14. The first kappa shape index (κ1) is 23.6. The van der Waals surface area contributed by atoms with Crippen LogP contribution in [0.1, 0.15) is 35.3 Å². The molecule has 1 unspecified atom stereocenters. The molecule has 2 rings (SSSR count). The number of carbonyl (C=O) groups is 3. The third kappa shape index (κ3) is 6.69. The summed E-state index contributed by atoms with van der Waals surface area (Å²) in [4.78, 5) is 38.9. The first-order valence-corrected chi connectivity index (χ1v) is 10.5. The Kier molecular flexibility index (Phi) is 8.59. The first-order valence-electron chi connectivity index (χ1n) is 9.70. The van der Waals surface area contributed by atoms with Crippen molar-refractivity contribution < 1.29 is 19.1 Å². The van der Waals surface area contributed by atoms with E-state index >= 15 is 0 Å². The fraction of sp³-hybridized carbons (Fsp3) is 0.348. The van der Waals surface area contributed by atoms with E-state index in [0.29, 0.717) is 12.1 Å². The molecule has 6 nitrogen and oxygen atoms in total. The first-order chi connectivity index (χ1) is 14.2. The average Bonchev–Trinajstić information content (AvgIpc) is 2.71. The van der Waals surface area contributed by atoms with Crippen LogP contribution in [-0.2, 0) is 20.9 Å². The van der Waals surface area contributed by atoms with E-state index in [1.165, 1.54) is 4.90 Å². The van der Waals surface area contributed by atoms with E-state index < -0.39 is 12.0 Å². The van der Waals surface area contributed by atoms with Gasteiger partial charge in [-0.25, -0.2) is 4.79 Å².